The van der Waals surface area contributed by atoms with E-state index in [4.69, 9.17) is 21.3 Å². The van der Waals surface area contributed by atoms with Crippen molar-refractivity contribution < 1.29 is 17.9 Å². The van der Waals surface area contributed by atoms with E-state index in [1.54, 1.807) is 32.3 Å². The SMILES string of the molecule is CC(C)S(=O)(=O)N1CCC[C@@H](C(=O)Nc2cc(-c3cncc(N[C@H](C)C4CCOCC4)n3)c(Cl)cn2)C1. The Morgan fingerprint density at radius 2 is 1.89 bits per heavy atom. The Bertz CT molecular complexity index is 1210. The number of sulfonamides is 1. The maximum absolute atomic E-state index is 13.0. The van der Waals surface area contributed by atoms with Crippen LogP contribution in [0.3, 0.4) is 0 Å². The fourth-order valence-electron chi connectivity index (χ4n) is 4.75. The minimum Gasteiger partial charge on any atom is -0.381 e. The maximum Gasteiger partial charge on any atom is 0.229 e. The van der Waals surface area contributed by atoms with Crippen molar-refractivity contribution in [2.45, 2.75) is 57.7 Å². The van der Waals surface area contributed by atoms with E-state index < -0.39 is 21.2 Å². The molecule has 2 atom stereocenters. The van der Waals surface area contributed by atoms with Crippen LogP contribution in [0.25, 0.3) is 11.3 Å². The summed E-state index contributed by atoms with van der Waals surface area (Å²) in [6, 6.07) is 1.88. The zero-order valence-electron chi connectivity index (χ0n) is 21.5. The standard InChI is InChI=1S/C25H35ClN6O4S/c1-16(2)37(34,35)32-8-4-5-19(15-32)25(33)31-23-11-20(21(26)12-28-23)22-13-27-14-24(30-22)29-17(3)18-6-9-36-10-7-18/h11-14,16-19H,4-10,15H2,1-3H3,(H,29,30)(H,28,31,33)/t17-,19-/m1/s1. The van der Waals surface area contributed by atoms with Gasteiger partial charge < -0.3 is 15.4 Å². The number of amides is 1. The summed E-state index contributed by atoms with van der Waals surface area (Å²) in [7, 11) is -3.41. The molecule has 2 aromatic heterocycles. The molecule has 2 fully saturated rings. The van der Waals surface area contributed by atoms with Gasteiger partial charge in [-0.3, -0.25) is 9.78 Å². The van der Waals surface area contributed by atoms with Crippen molar-refractivity contribution in [3.63, 3.8) is 0 Å². The molecule has 2 N–H and O–H groups in total. The van der Waals surface area contributed by atoms with Crippen LogP contribution in [0.5, 0.6) is 0 Å². The number of carbonyl (C=O) groups is 1. The molecule has 0 radical (unpaired) electrons. The maximum atomic E-state index is 13.0. The first kappa shape index (κ1) is 27.7. The van der Waals surface area contributed by atoms with Crippen LogP contribution in [0.2, 0.25) is 5.02 Å². The van der Waals surface area contributed by atoms with Gasteiger partial charge in [0, 0.05) is 44.1 Å². The molecule has 0 unspecified atom stereocenters. The zero-order valence-corrected chi connectivity index (χ0v) is 23.1. The van der Waals surface area contributed by atoms with E-state index in [-0.39, 0.29) is 18.5 Å². The number of ether oxygens (including phenoxy) is 1. The lowest BCUT2D eigenvalue weighted by molar-refractivity contribution is -0.120. The van der Waals surface area contributed by atoms with E-state index in [2.05, 4.69) is 27.5 Å². The number of anilines is 2. The summed E-state index contributed by atoms with van der Waals surface area (Å²) in [5.41, 5.74) is 1.15. The van der Waals surface area contributed by atoms with Gasteiger partial charge in [-0.05, 0) is 58.4 Å². The first-order valence-corrected chi connectivity index (χ1v) is 14.7. The molecule has 202 valence electrons. The van der Waals surface area contributed by atoms with E-state index in [0.717, 1.165) is 26.1 Å². The third-order valence-electron chi connectivity index (χ3n) is 7.08. The van der Waals surface area contributed by atoms with Gasteiger partial charge in [-0.15, -0.1) is 0 Å². The second-order valence-corrected chi connectivity index (χ2v) is 12.9. The first-order chi connectivity index (χ1) is 17.6. The lowest BCUT2D eigenvalue weighted by Gasteiger charge is -2.32. The Kier molecular flexibility index (Phi) is 8.99. The van der Waals surface area contributed by atoms with Gasteiger partial charge >= 0.3 is 0 Å². The summed E-state index contributed by atoms with van der Waals surface area (Å²) >= 11 is 6.44. The van der Waals surface area contributed by atoms with Crippen molar-refractivity contribution in [3.05, 3.63) is 29.7 Å². The predicted octanol–water partition coefficient (Wildman–Crippen LogP) is 3.81. The molecule has 0 bridgehead atoms. The molecule has 2 aliphatic heterocycles. The lowest BCUT2D eigenvalue weighted by Crippen LogP contribution is -2.46. The molecule has 2 aliphatic rings. The quantitative estimate of drug-likeness (QED) is 0.508. The fourth-order valence-corrected chi connectivity index (χ4v) is 6.32. The van der Waals surface area contributed by atoms with Crippen LogP contribution >= 0.6 is 11.6 Å². The van der Waals surface area contributed by atoms with Crippen LogP contribution in [0, 0.1) is 11.8 Å². The predicted molar refractivity (Wildman–Crippen MR) is 144 cm³/mol. The second-order valence-electron chi connectivity index (χ2n) is 10.0. The molecule has 37 heavy (non-hydrogen) atoms. The van der Waals surface area contributed by atoms with Gasteiger partial charge in [-0.2, -0.15) is 0 Å². The smallest absolute Gasteiger partial charge is 0.229 e. The minimum absolute atomic E-state index is 0.164. The Labute approximate surface area is 223 Å². The number of carbonyl (C=O) groups excluding carboxylic acids is 1. The van der Waals surface area contributed by atoms with Crippen LogP contribution in [0.15, 0.2) is 24.7 Å². The number of hydrogen-bond donors (Lipinski definition) is 2. The summed E-state index contributed by atoms with van der Waals surface area (Å²) in [5.74, 6) is 0.739. The molecule has 4 heterocycles. The third-order valence-corrected chi connectivity index (χ3v) is 9.62. The van der Waals surface area contributed by atoms with Gasteiger partial charge in [0.25, 0.3) is 0 Å². The molecule has 2 aromatic rings. The van der Waals surface area contributed by atoms with E-state index in [9.17, 15) is 13.2 Å². The topological polar surface area (TPSA) is 126 Å². The number of piperidine rings is 1. The molecular weight excluding hydrogens is 516 g/mol. The highest BCUT2D eigenvalue weighted by atomic mass is 35.5. The number of hydrogen-bond acceptors (Lipinski definition) is 8. The highest BCUT2D eigenvalue weighted by Crippen LogP contribution is 2.30. The van der Waals surface area contributed by atoms with Crippen LogP contribution in [0.4, 0.5) is 11.6 Å². The number of halogens is 1. The molecule has 1 amide bonds. The molecular formula is C25H35ClN6O4S. The average Bonchev–Trinajstić information content (AvgIpc) is 2.90. The monoisotopic (exact) mass is 550 g/mol. The summed E-state index contributed by atoms with van der Waals surface area (Å²) < 4.78 is 32.0. The molecule has 0 aliphatic carbocycles. The Balaban J connectivity index is 1.46. The number of pyridine rings is 1. The lowest BCUT2D eigenvalue weighted by atomic mass is 9.93. The summed E-state index contributed by atoms with van der Waals surface area (Å²) in [4.78, 5) is 26.3. The second kappa shape index (κ2) is 12.0. The zero-order chi connectivity index (χ0) is 26.6. The molecule has 2 saturated heterocycles. The average molecular weight is 551 g/mol. The summed E-state index contributed by atoms with van der Waals surface area (Å²) in [5, 5.41) is 6.13. The van der Waals surface area contributed by atoms with Crippen molar-refractivity contribution in [2.24, 2.45) is 11.8 Å². The van der Waals surface area contributed by atoms with Crippen molar-refractivity contribution in [3.8, 4) is 11.3 Å². The van der Waals surface area contributed by atoms with Crippen molar-refractivity contribution >= 4 is 39.2 Å². The van der Waals surface area contributed by atoms with Gasteiger partial charge in [-0.1, -0.05) is 11.6 Å². The number of nitrogens with one attached hydrogen (secondary N) is 2. The minimum atomic E-state index is -3.41. The van der Waals surface area contributed by atoms with Crippen molar-refractivity contribution in [1.29, 1.82) is 0 Å². The van der Waals surface area contributed by atoms with Gasteiger partial charge in [0.1, 0.15) is 11.6 Å². The molecule has 10 nitrogen and oxygen atoms in total. The van der Waals surface area contributed by atoms with E-state index in [0.29, 0.717) is 53.2 Å². The van der Waals surface area contributed by atoms with E-state index in [1.807, 2.05) is 0 Å². The van der Waals surface area contributed by atoms with Crippen molar-refractivity contribution in [2.75, 3.05) is 36.9 Å². The number of rotatable bonds is 8. The van der Waals surface area contributed by atoms with Gasteiger partial charge in [-0.25, -0.2) is 22.7 Å². The Morgan fingerprint density at radius 1 is 1.14 bits per heavy atom. The van der Waals surface area contributed by atoms with Crippen LogP contribution in [-0.4, -0.2) is 71.2 Å². The first-order valence-electron chi connectivity index (χ1n) is 12.8. The number of nitrogens with zero attached hydrogens (tertiary/aromatic N) is 4. The fraction of sp³-hybridized carbons (Fsp3) is 0.600. The number of aromatic nitrogens is 3. The summed E-state index contributed by atoms with van der Waals surface area (Å²) in [6.07, 6.45) is 8.01. The van der Waals surface area contributed by atoms with E-state index >= 15 is 0 Å². The van der Waals surface area contributed by atoms with Gasteiger partial charge in [0.05, 0.1) is 34.3 Å². The Morgan fingerprint density at radius 3 is 2.62 bits per heavy atom. The van der Waals surface area contributed by atoms with Crippen molar-refractivity contribution in [1.82, 2.24) is 19.3 Å². The Hall–Kier alpha value is -2.34. The molecule has 0 saturated carbocycles. The molecule has 0 aromatic carbocycles. The van der Waals surface area contributed by atoms with E-state index in [1.165, 1.54) is 10.5 Å². The van der Waals surface area contributed by atoms with Gasteiger partial charge in [0.15, 0.2) is 0 Å². The molecule has 4 rings (SSSR count). The summed E-state index contributed by atoms with van der Waals surface area (Å²) in [6.45, 7) is 7.58. The normalized spacial score (nSPS) is 20.5. The largest absolute Gasteiger partial charge is 0.381 e. The molecule has 0 spiro atoms. The van der Waals surface area contributed by atoms with Crippen LogP contribution < -0.4 is 10.6 Å². The molecule has 12 heteroatoms. The van der Waals surface area contributed by atoms with Crippen LogP contribution in [-0.2, 0) is 19.6 Å². The van der Waals surface area contributed by atoms with Gasteiger partial charge in [0.2, 0.25) is 15.9 Å². The highest BCUT2D eigenvalue weighted by Gasteiger charge is 2.34. The third kappa shape index (κ3) is 6.76. The highest BCUT2D eigenvalue weighted by molar-refractivity contribution is 7.89. The van der Waals surface area contributed by atoms with Crippen LogP contribution in [0.1, 0.15) is 46.5 Å².